The molecule has 0 amide bonds. The Labute approximate surface area is 180 Å². The second-order valence-corrected chi connectivity index (χ2v) is 11.1. The van der Waals surface area contributed by atoms with Crippen molar-refractivity contribution in [3.63, 3.8) is 0 Å². The lowest BCUT2D eigenvalue weighted by Gasteiger charge is -2.57. The number of hydrogen-bond acceptors (Lipinski definition) is 1. The van der Waals surface area contributed by atoms with Crippen molar-refractivity contribution in [2.75, 3.05) is 0 Å². The Balaban J connectivity index is 1.85. The molecule has 1 nitrogen and oxygen atoms in total. The molecule has 3 rings (SSSR count). The van der Waals surface area contributed by atoms with E-state index in [9.17, 15) is 4.79 Å². The molecule has 1 heteroatoms. The third kappa shape index (κ3) is 4.08. The predicted octanol–water partition coefficient (Wildman–Crippen LogP) is 8.07. The van der Waals surface area contributed by atoms with E-state index in [2.05, 4.69) is 60.6 Å². The van der Waals surface area contributed by atoms with Crippen LogP contribution in [-0.2, 0) is 4.79 Å². The van der Waals surface area contributed by atoms with Gasteiger partial charge < -0.3 is 0 Å². The molecular weight excluding hydrogens is 352 g/mol. The molecule has 0 bridgehead atoms. The van der Waals surface area contributed by atoms with Crippen molar-refractivity contribution in [1.29, 1.82) is 0 Å². The van der Waals surface area contributed by atoms with Crippen LogP contribution in [0.4, 0.5) is 0 Å². The third-order valence-corrected chi connectivity index (χ3v) is 9.34. The summed E-state index contributed by atoms with van der Waals surface area (Å²) in [7, 11) is 0. The zero-order chi connectivity index (χ0) is 21.4. The minimum absolute atomic E-state index is 0.227. The van der Waals surface area contributed by atoms with Crippen LogP contribution in [0, 0.1) is 34.5 Å². The summed E-state index contributed by atoms with van der Waals surface area (Å²) < 4.78 is 0. The van der Waals surface area contributed by atoms with Crippen molar-refractivity contribution in [3.8, 4) is 0 Å². The van der Waals surface area contributed by atoms with Gasteiger partial charge in [-0.15, -0.1) is 0 Å². The summed E-state index contributed by atoms with van der Waals surface area (Å²) in [6.45, 7) is 16.9. The van der Waals surface area contributed by atoms with Crippen molar-refractivity contribution in [1.82, 2.24) is 0 Å². The van der Waals surface area contributed by atoms with Gasteiger partial charge in [-0.05, 0) is 99.4 Å². The maximum atomic E-state index is 12.0. The van der Waals surface area contributed by atoms with Crippen molar-refractivity contribution in [3.05, 3.63) is 34.9 Å². The van der Waals surface area contributed by atoms with E-state index in [1.807, 2.05) is 6.08 Å². The summed E-state index contributed by atoms with van der Waals surface area (Å²) in [6.07, 6.45) is 16.1. The molecule has 1 fully saturated rings. The molecule has 162 valence electrons. The molecule has 0 aliphatic heterocycles. The van der Waals surface area contributed by atoms with E-state index in [0.717, 1.165) is 31.1 Å². The van der Waals surface area contributed by atoms with Crippen LogP contribution in [0.3, 0.4) is 0 Å². The standard InChI is InChI=1S/C28H44O/c1-8-25-24-13-12-22-18-23(29)14-16-28(22,7)26(24)15-17-27(25,6)21(5)20(4)11-9-10-19(2)3/h10,13,18,20-21,25-26H,8-9,11-12,14-17H2,1-7H3/t20-,21?,25+,26+,27?,28?/m1/s1. The number of carbonyl (C=O) groups excluding carboxylic acids is 1. The summed E-state index contributed by atoms with van der Waals surface area (Å²) in [4.78, 5) is 12.0. The molecule has 0 aromatic heterocycles. The average molecular weight is 397 g/mol. The van der Waals surface area contributed by atoms with Crippen LogP contribution in [0.5, 0.6) is 0 Å². The smallest absolute Gasteiger partial charge is 0.155 e. The van der Waals surface area contributed by atoms with Gasteiger partial charge in [0, 0.05) is 6.42 Å². The second kappa shape index (κ2) is 8.56. The highest BCUT2D eigenvalue weighted by molar-refractivity contribution is 5.91. The van der Waals surface area contributed by atoms with Crippen LogP contribution >= 0.6 is 0 Å². The molecular formula is C28H44O. The fourth-order valence-electron chi connectivity index (χ4n) is 7.07. The van der Waals surface area contributed by atoms with Gasteiger partial charge >= 0.3 is 0 Å². The highest BCUT2D eigenvalue weighted by Gasteiger charge is 2.53. The Bertz CT molecular complexity index is 719. The Morgan fingerprint density at radius 3 is 2.62 bits per heavy atom. The van der Waals surface area contributed by atoms with Crippen LogP contribution in [-0.4, -0.2) is 5.78 Å². The number of allylic oxidation sites excluding steroid dienone is 6. The first-order chi connectivity index (χ1) is 13.6. The van der Waals surface area contributed by atoms with Crippen LogP contribution in [0.1, 0.15) is 99.8 Å². The molecule has 3 aliphatic carbocycles. The maximum Gasteiger partial charge on any atom is 0.155 e. The first-order valence-electron chi connectivity index (χ1n) is 12.2. The summed E-state index contributed by atoms with van der Waals surface area (Å²) in [5.74, 6) is 3.18. The molecule has 3 aliphatic rings. The van der Waals surface area contributed by atoms with E-state index in [0.29, 0.717) is 23.0 Å². The Morgan fingerprint density at radius 1 is 1.24 bits per heavy atom. The average Bonchev–Trinajstić information content (AvgIpc) is 2.67. The first-order valence-corrected chi connectivity index (χ1v) is 12.2. The molecule has 6 atom stereocenters. The van der Waals surface area contributed by atoms with Crippen LogP contribution in [0.15, 0.2) is 34.9 Å². The van der Waals surface area contributed by atoms with Crippen molar-refractivity contribution < 1.29 is 4.79 Å². The summed E-state index contributed by atoms with van der Waals surface area (Å²) >= 11 is 0. The SMILES string of the molecule is CC[C@H]1C2=CCC3=CC(=O)CCC3(C)[C@H]2CCC1(C)C(C)[C@H](C)CCC=C(C)C. The van der Waals surface area contributed by atoms with E-state index in [-0.39, 0.29) is 5.41 Å². The van der Waals surface area contributed by atoms with E-state index < -0.39 is 0 Å². The lowest BCUT2D eigenvalue weighted by atomic mass is 9.47. The second-order valence-electron chi connectivity index (χ2n) is 11.1. The zero-order valence-electron chi connectivity index (χ0n) is 20.1. The number of hydrogen-bond donors (Lipinski definition) is 0. The monoisotopic (exact) mass is 396 g/mol. The molecule has 0 saturated heterocycles. The summed E-state index contributed by atoms with van der Waals surface area (Å²) in [6, 6.07) is 0. The first kappa shape index (κ1) is 22.6. The fourth-order valence-corrected chi connectivity index (χ4v) is 7.07. The minimum atomic E-state index is 0.227. The van der Waals surface area contributed by atoms with Crippen LogP contribution in [0.25, 0.3) is 0 Å². The van der Waals surface area contributed by atoms with Crippen LogP contribution in [0.2, 0.25) is 0 Å². The van der Waals surface area contributed by atoms with E-state index in [4.69, 9.17) is 0 Å². The van der Waals surface area contributed by atoms with Gasteiger partial charge in [-0.2, -0.15) is 0 Å². The Hall–Kier alpha value is -1.11. The normalized spacial score (nSPS) is 36.3. The molecule has 0 aromatic carbocycles. The van der Waals surface area contributed by atoms with Crippen molar-refractivity contribution >= 4 is 5.78 Å². The molecule has 29 heavy (non-hydrogen) atoms. The fraction of sp³-hybridized carbons (Fsp3) is 0.750. The molecule has 0 spiro atoms. The van der Waals surface area contributed by atoms with Gasteiger partial charge in [0.1, 0.15) is 0 Å². The van der Waals surface area contributed by atoms with E-state index in [1.165, 1.54) is 43.3 Å². The minimum Gasteiger partial charge on any atom is -0.295 e. The van der Waals surface area contributed by atoms with Gasteiger partial charge in [0.2, 0.25) is 0 Å². The number of ketones is 1. The Morgan fingerprint density at radius 2 is 1.97 bits per heavy atom. The Kier molecular flexibility index (Phi) is 6.66. The number of rotatable bonds is 6. The molecule has 0 aromatic rings. The van der Waals surface area contributed by atoms with Gasteiger partial charge in [0.15, 0.2) is 5.78 Å². The molecule has 0 radical (unpaired) electrons. The molecule has 1 saturated carbocycles. The topological polar surface area (TPSA) is 17.1 Å². The number of fused-ring (bicyclic) bond motifs is 3. The quantitative estimate of drug-likeness (QED) is 0.415. The van der Waals surface area contributed by atoms with Gasteiger partial charge in [-0.3, -0.25) is 4.79 Å². The van der Waals surface area contributed by atoms with Crippen molar-refractivity contribution in [2.45, 2.75) is 99.8 Å². The van der Waals surface area contributed by atoms with E-state index in [1.54, 1.807) is 5.57 Å². The third-order valence-electron chi connectivity index (χ3n) is 9.34. The van der Waals surface area contributed by atoms with Gasteiger partial charge in [0.25, 0.3) is 0 Å². The lowest BCUT2D eigenvalue weighted by molar-refractivity contribution is -0.116. The number of carbonyl (C=O) groups is 1. The van der Waals surface area contributed by atoms with Gasteiger partial charge in [-0.25, -0.2) is 0 Å². The highest BCUT2D eigenvalue weighted by Crippen LogP contribution is 2.62. The maximum absolute atomic E-state index is 12.0. The largest absolute Gasteiger partial charge is 0.295 e. The summed E-state index contributed by atoms with van der Waals surface area (Å²) in [5.41, 5.74) is 5.23. The highest BCUT2D eigenvalue weighted by atomic mass is 16.1. The van der Waals surface area contributed by atoms with Gasteiger partial charge in [0.05, 0.1) is 0 Å². The predicted molar refractivity (Wildman–Crippen MR) is 125 cm³/mol. The lowest BCUT2D eigenvalue weighted by Crippen LogP contribution is -2.48. The van der Waals surface area contributed by atoms with Crippen LogP contribution < -0.4 is 0 Å². The zero-order valence-corrected chi connectivity index (χ0v) is 20.1. The van der Waals surface area contributed by atoms with Gasteiger partial charge in [-0.1, -0.05) is 63.5 Å². The van der Waals surface area contributed by atoms with Crippen molar-refractivity contribution in [2.24, 2.45) is 34.5 Å². The molecule has 0 heterocycles. The van der Waals surface area contributed by atoms with E-state index >= 15 is 0 Å². The summed E-state index contributed by atoms with van der Waals surface area (Å²) in [5, 5.41) is 0. The molecule has 3 unspecified atom stereocenters. The molecule has 0 N–H and O–H groups in total.